The molecule has 0 aliphatic carbocycles. The van der Waals surface area contributed by atoms with E-state index >= 15 is 0 Å². The van der Waals surface area contributed by atoms with Crippen molar-refractivity contribution in [3.8, 4) is 5.75 Å². The molecule has 2 rings (SSSR count). The number of hydrogen-bond donors (Lipinski definition) is 3. The van der Waals surface area contributed by atoms with E-state index in [2.05, 4.69) is 20.7 Å². The fourth-order valence-corrected chi connectivity index (χ4v) is 4.94. The fourth-order valence-electron chi connectivity index (χ4n) is 2.43. The highest BCUT2D eigenvalue weighted by Crippen LogP contribution is 2.43. The molecule has 0 bridgehead atoms. The monoisotopic (exact) mass is 475 g/mol. The SMILES string of the molecule is CC(C)(C)NS(=O)(=O)c1c(Cl)ccc(N(C(N)=O)c2ccccc2Br)c1O. The van der Waals surface area contributed by atoms with Gasteiger partial charge >= 0.3 is 6.03 Å². The van der Waals surface area contributed by atoms with Gasteiger partial charge in [-0.05, 0) is 61.0 Å². The lowest BCUT2D eigenvalue weighted by Gasteiger charge is -2.25. The van der Waals surface area contributed by atoms with Gasteiger partial charge in [0.2, 0.25) is 10.0 Å². The van der Waals surface area contributed by atoms with Gasteiger partial charge in [0.25, 0.3) is 0 Å². The Hall–Kier alpha value is -1.81. The Morgan fingerprint density at radius 1 is 1.19 bits per heavy atom. The molecule has 0 unspecified atom stereocenters. The minimum Gasteiger partial charge on any atom is -0.504 e. The number of amides is 2. The lowest BCUT2D eigenvalue weighted by atomic mass is 10.1. The molecule has 2 aromatic carbocycles. The molecule has 0 spiro atoms. The van der Waals surface area contributed by atoms with Crippen molar-refractivity contribution in [2.24, 2.45) is 5.73 Å². The van der Waals surface area contributed by atoms with Gasteiger partial charge in [0.1, 0.15) is 4.90 Å². The zero-order chi connectivity index (χ0) is 20.6. The summed E-state index contributed by atoms with van der Waals surface area (Å²) < 4.78 is 28.4. The second kappa shape index (κ2) is 7.67. The van der Waals surface area contributed by atoms with Crippen molar-refractivity contribution in [1.82, 2.24) is 4.72 Å². The summed E-state index contributed by atoms with van der Waals surface area (Å²) in [4.78, 5) is 12.6. The van der Waals surface area contributed by atoms with Gasteiger partial charge in [-0.3, -0.25) is 4.90 Å². The maximum Gasteiger partial charge on any atom is 0.324 e. The van der Waals surface area contributed by atoms with Crippen LogP contribution in [0, 0.1) is 0 Å². The summed E-state index contributed by atoms with van der Waals surface area (Å²) in [7, 11) is -4.18. The lowest BCUT2D eigenvalue weighted by molar-refractivity contribution is 0.256. The molecule has 0 atom stereocenters. The van der Waals surface area contributed by atoms with Crippen LogP contribution >= 0.6 is 27.5 Å². The van der Waals surface area contributed by atoms with Gasteiger partial charge in [0, 0.05) is 10.0 Å². The number of halogens is 2. The predicted molar refractivity (Wildman–Crippen MR) is 109 cm³/mol. The molecule has 2 amide bonds. The molecule has 0 radical (unpaired) electrons. The minimum atomic E-state index is -4.18. The summed E-state index contributed by atoms with van der Waals surface area (Å²) in [5, 5.41) is 10.5. The van der Waals surface area contributed by atoms with Crippen LogP contribution in [-0.4, -0.2) is 25.1 Å². The van der Waals surface area contributed by atoms with E-state index in [1.807, 2.05) is 0 Å². The van der Waals surface area contributed by atoms with E-state index in [0.29, 0.717) is 10.2 Å². The van der Waals surface area contributed by atoms with E-state index in [9.17, 15) is 18.3 Å². The Kier molecular flexibility index (Phi) is 6.10. The van der Waals surface area contributed by atoms with Gasteiger partial charge in [-0.15, -0.1) is 0 Å². The molecule has 0 aromatic heterocycles. The molecular weight excluding hydrogens is 458 g/mol. The molecule has 27 heavy (non-hydrogen) atoms. The first-order chi connectivity index (χ1) is 12.3. The predicted octanol–water partition coefficient (Wildman–Crippen LogP) is 4.10. The maximum absolute atomic E-state index is 12.7. The molecule has 7 nitrogen and oxygen atoms in total. The van der Waals surface area contributed by atoms with Crippen LogP contribution in [0.1, 0.15) is 20.8 Å². The first-order valence-electron chi connectivity index (χ1n) is 7.74. The topological polar surface area (TPSA) is 113 Å². The van der Waals surface area contributed by atoms with Crippen LogP contribution < -0.4 is 15.4 Å². The van der Waals surface area contributed by atoms with Crippen molar-refractivity contribution < 1.29 is 18.3 Å². The number of nitrogens with zero attached hydrogens (tertiary/aromatic N) is 1. The van der Waals surface area contributed by atoms with Crippen LogP contribution in [0.4, 0.5) is 16.2 Å². The summed E-state index contributed by atoms with van der Waals surface area (Å²) in [6.07, 6.45) is 0. The van der Waals surface area contributed by atoms with Crippen molar-refractivity contribution >= 4 is 55.0 Å². The summed E-state index contributed by atoms with van der Waals surface area (Å²) in [6, 6.07) is 8.35. The third-order valence-electron chi connectivity index (χ3n) is 3.33. The number of aromatic hydroxyl groups is 1. The highest BCUT2D eigenvalue weighted by Gasteiger charge is 2.31. The number of carbonyl (C=O) groups is 1. The number of sulfonamides is 1. The number of nitrogens with one attached hydrogen (secondary N) is 1. The van der Waals surface area contributed by atoms with Crippen LogP contribution in [0.25, 0.3) is 0 Å². The summed E-state index contributed by atoms with van der Waals surface area (Å²) in [6.45, 7) is 4.95. The molecule has 10 heteroatoms. The van der Waals surface area contributed by atoms with Crippen LogP contribution in [-0.2, 0) is 10.0 Å². The van der Waals surface area contributed by atoms with Crippen LogP contribution in [0.15, 0.2) is 45.8 Å². The Morgan fingerprint density at radius 2 is 1.78 bits per heavy atom. The van der Waals surface area contributed by atoms with E-state index in [0.717, 1.165) is 4.90 Å². The maximum atomic E-state index is 12.7. The number of benzene rings is 2. The van der Waals surface area contributed by atoms with E-state index < -0.39 is 32.2 Å². The number of para-hydroxylation sites is 1. The van der Waals surface area contributed by atoms with Crippen LogP contribution in [0.2, 0.25) is 5.02 Å². The van der Waals surface area contributed by atoms with Gasteiger partial charge < -0.3 is 10.8 Å². The number of rotatable bonds is 4. The van der Waals surface area contributed by atoms with Gasteiger partial charge in [0.15, 0.2) is 5.75 Å². The third kappa shape index (κ3) is 4.73. The standard InChI is InChI=1S/C17H19BrClN3O4S/c1-17(2,3)21-27(25,26)15-11(19)8-9-13(14(15)23)22(16(20)24)12-7-5-4-6-10(12)18/h4-9,21,23H,1-3H3,(H2,20,24). The van der Waals surface area contributed by atoms with E-state index in [4.69, 9.17) is 17.3 Å². The third-order valence-corrected chi connectivity index (χ3v) is 6.26. The molecule has 2 aromatic rings. The second-order valence-corrected chi connectivity index (χ2v) is 9.61. The molecule has 0 saturated heterocycles. The summed E-state index contributed by atoms with van der Waals surface area (Å²) >= 11 is 9.36. The Balaban J connectivity index is 2.73. The minimum absolute atomic E-state index is 0.118. The number of carbonyl (C=O) groups excluding carboxylic acids is 1. The first kappa shape index (κ1) is 21.5. The van der Waals surface area contributed by atoms with Crippen molar-refractivity contribution in [3.63, 3.8) is 0 Å². The number of phenolic OH excluding ortho intramolecular Hbond substituents is 1. The normalized spacial score (nSPS) is 12.0. The van der Waals surface area contributed by atoms with Crippen LogP contribution in [0.5, 0.6) is 5.75 Å². The number of hydrogen-bond acceptors (Lipinski definition) is 4. The van der Waals surface area contributed by atoms with Crippen molar-refractivity contribution in [2.75, 3.05) is 4.90 Å². The van der Waals surface area contributed by atoms with Gasteiger partial charge in [0.05, 0.1) is 16.4 Å². The highest BCUT2D eigenvalue weighted by molar-refractivity contribution is 9.10. The highest BCUT2D eigenvalue weighted by atomic mass is 79.9. The van der Waals surface area contributed by atoms with Gasteiger partial charge in [-0.1, -0.05) is 23.7 Å². The molecule has 0 saturated carbocycles. The molecule has 0 fully saturated rings. The summed E-state index contributed by atoms with van der Waals surface area (Å²) in [5.74, 6) is -0.686. The van der Waals surface area contributed by atoms with Crippen molar-refractivity contribution in [1.29, 1.82) is 0 Å². The Labute approximate surface area is 171 Å². The smallest absolute Gasteiger partial charge is 0.324 e. The average molecular weight is 477 g/mol. The van der Waals surface area contributed by atoms with Gasteiger partial charge in [-0.2, -0.15) is 0 Å². The summed E-state index contributed by atoms with van der Waals surface area (Å²) in [5.41, 5.74) is 4.90. The molecule has 0 heterocycles. The van der Waals surface area contributed by atoms with Crippen LogP contribution in [0.3, 0.4) is 0 Å². The number of anilines is 2. The van der Waals surface area contributed by atoms with Gasteiger partial charge in [-0.25, -0.2) is 17.9 Å². The second-order valence-electron chi connectivity index (χ2n) is 6.72. The number of phenols is 1. The Morgan fingerprint density at radius 3 is 2.30 bits per heavy atom. The molecule has 146 valence electrons. The fraction of sp³-hybridized carbons (Fsp3) is 0.235. The van der Waals surface area contributed by atoms with E-state index in [-0.39, 0.29) is 10.7 Å². The number of urea groups is 1. The molecular formula is C17H19BrClN3O4S. The first-order valence-corrected chi connectivity index (χ1v) is 10.4. The molecule has 0 aliphatic heterocycles. The number of nitrogens with two attached hydrogens (primary N) is 1. The molecule has 4 N–H and O–H groups in total. The van der Waals surface area contributed by atoms with E-state index in [1.165, 1.54) is 12.1 Å². The quantitative estimate of drug-likeness (QED) is 0.616. The lowest BCUT2D eigenvalue weighted by Crippen LogP contribution is -2.40. The zero-order valence-electron chi connectivity index (χ0n) is 14.8. The van der Waals surface area contributed by atoms with Crippen molar-refractivity contribution in [2.45, 2.75) is 31.2 Å². The molecule has 0 aliphatic rings. The largest absolute Gasteiger partial charge is 0.504 e. The number of primary amides is 1. The average Bonchev–Trinajstić information content (AvgIpc) is 2.48. The van der Waals surface area contributed by atoms with E-state index in [1.54, 1.807) is 45.0 Å². The van der Waals surface area contributed by atoms with Crippen molar-refractivity contribution in [3.05, 3.63) is 45.9 Å². The zero-order valence-corrected chi connectivity index (χ0v) is 18.0. The Bertz CT molecular complexity index is 990.